The second kappa shape index (κ2) is 19.9. The summed E-state index contributed by atoms with van der Waals surface area (Å²) in [5.41, 5.74) is 0.830. The Kier molecular flexibility index (Phi) is 18.9. The van der Waals surface area contributed by atoms with Gasteiger partial charge in [-0.3, -0.25) is 4.79 Å². The minimum atomic E-state index is -2.32. The molecule has 0 radical (unpaired) electrons. The third-order valence-electron chi connectivity index (χ3n) is 12.7. The topological polar surface area (TPSA) is 87.1 Å². The maximum Gasteiger partial charge on any atom is 0.193 e. The van der Waals surface area contributed by atoms with Crippen LogP contribution in [-0.2, 0) is 22.8 Å². The van der Waals surface area contributed by atoms with E-state index in [1.165, 1.54) is 17.4 Å². The number of Topliss-reactive ketones (excluding diaryl/α,β-unsaturated/α-hetero) is 1. The highest BCUT2D eigenvalue weighted by Crippen LogP contribution is 2.44. The van der Waals surface area contributed by atoms with Crippen LogP contribution in [0.4, 0.5) is 4.39 Å². The Morgan fingerprint density at radius 1 is 0.873 bits per heavy atom. The van der Waals surface area contributed by atoms with Crippen molar-refractivity contribution in [2.24, 2.45) is 11.3 Å². The summed E-state index contributed by atoms with van der Waals surface area (Å²) in [4.78, 5) is 19.1. The van der Waals surface area contributed by atoms with Crippen LogP contribution in [0.15, 0.2) is 22.9 Å². The van der Waals surface area contributed by atoms with Gasteiger partial charge in [-0.2, -0.15) is 0 Å². The van der Waals surface area contributed by atoms with Gasteiger partial charge in [0, 0.05) is 23.3 Å². The van der Waals surface area contributed by atoms with Gasteiger partial charge in [-0.15, -0.1) is 11.3 Å². The summed E-state index contributed by atoms with van der Waals surface area (Å²) in [6.45, 7) is 45.0. The van der Waals surface area contributed by atoms with E-state index < -0.39 is 54.6 Å². The summed E-state index contributed by atoms with van der Waals surface area (Å²) in [6.07, 6.45) is 3.03. The Bertz CT molecular complexity index is 1430. The van der Waals surface area contributed by atoms with Crippen molar-refractivity contribution in [2.45, 2.75) is 202 Å². The number of carbonyl (C=O) groups is 1. The van der Waals surface area contributed by atoms with E-state index in [4.69, 9.17) is 18.0 Å². The van der Waals surface area contributed by atoms with Crippen LogP contribution >= 0.6 is 11.3 Å². The lowest BCUT2D eigenvalue weighted by Crippen LogP contribution is -2.55. The summed E-state index contributed by atoms with van der Waals surface area (Å²) >= 11 is 1.50. The van der Waals surface area contributed by atoms with Gasteiger partial charge in [0.2, 0.25) is 0 Å². The predicted octanol–water partition coefficient (Wildman–Crippen LogP) is 12.7. The molecular formula is C43H82FNO6SSi3. The van der Waals surface area contributed by atoms with Crippen LogP contribution in [0, 0.1) is 18.3 Å². The Labute approximate surface area is 344 Å². The van der Waals surface area contributed by atoms with E-state index in [1.807, 2.05) is 46.9 Å². The molecule has 12 heteroatoms. The lowest BCUT2D eigenvalue weighted by atomic mass is 9.74. The molecule has 0 aromatic carbocycles. The quantitative estimate of drug-likeness (QED) is 0.0974. The van der Waals surface area contributed by atoms with Gasteiger partial charge < -0.3 is 23.1 Å². The molecule has 5 atom stereocenters. The number of halogens is 1. The van der Waals surface area contributed by atoms with Gasteiger partial charge in [0.15, 0.2) is 25.0 Å². The average Bonchev–Trinajstić information content (AvgIpc) is 3.42. The lowest BCUT2D eigenvalue weighted by Gasteiger charge is -2.46. The van der Waals surface area contributed by atoms with Crippen molar-refractivity contribution in [3.8, 4) is 0 Å². The van der Waals surface area contributed by atoms with Crippen molar-refractivity contribution in [1.82, 2.24) is 4.98 Å². The number of hydrogen-bond donors (Lipinski definition) is 1. The molecule has 0 unspecified atom stereocenters. The zero-order valence-corrected chi connectivity index (χ0v) is 42.7. The zero-order valence-electron chi connectivity index (χ0n) is 38.9. The summed E-state index contributed by atoms with van der Waals surface area (Å²) in [5, 5.41) is 12.7. The molecule has 1 heterocycles. The molecule has 0 aliphatic carbocycles. The normalized spacial score (nSPS) is 17.6. The van der Waals surface area contributed by atoms with Gasteiger partial charge in [-0.1, -0.05) is 94.7 Å². The van der Waals surface area contributed by atoms with E-state index in [9.17, 15) is 9.90 Å². The minimum Gasteiger partial charge on any atom is -0.413 e. The second-order valence-corrected chi connectivity index (χ2v) is 36.2. The number of ketones is 1. The number of aliphatic hydroxyl groups excluding tert-OH is 1. The molecular weight excluding hydrogens is 762 g/mol. The SMILES string of the molecule is C/C(=C/C[C@H](O[Si](C)(C)C(C)(C)C)/C(F)=C\c1csc(C)n1)CCO[C@H](C)[C@@H](O[Si](C)(C)C(C)(C)C)[C@@H](C)C(=O)C(C)(C)[C@H](CCO)O[Si](C)(C)C(C)(C)C. The third kappa shape index (κ3) is 15.0. The summed E-state index contributed by atoms with van der Waals surface area (Å²) in [5.74, 6) is -0.743. The molecule has 0 aliphatic rings. The monoisotopic (exact) mass is 844 g/mol. The first kappa shape index (κ1) is 52.2. The number of aliphatic hydroxyl groups is 1. The summed E-state index contributed by atoms with van der Waals surface area (Å²) < 4.78 is 42.9. The first-order chi connectivity index (χ1) is 24.6. The lowest BCUT2D eigenvalue weighted by molar-refractivity contribution is -0.143. The van der Waals surface area contributed by atoms with Crippen LogP contribution in [0.5, 0.6) is 0 Å². The van der Waals surface area contributed by atoms with E-state index in [0.29, 0.717) is 31.6 Å². The summed E-state index contributed by atoms with van der Waals surface area (Å²) in [6, 6.07) is 0. The van der Waals surface area contributed by atoms with Gasteiger partial charge in [-0.05, 0) is 101 Å². The molecule has 1 rings (SSSR count). The first-order valence-electron chi connectivity index (χ1n) is 20.4. The number of ether oxygens (including phenoxy) is 1. The van der Waals surface area contributed by atoms with E-state index >= 15 is 4.39 Å². The smallest absolute Gasteiger partial charge is 0.193 e. The van der Waals surface area contributed by atoms with Crippen molar-refractivity contribution in [3.05, 3.63) is 33.6 Å². The molecule has 320 valence electrons. The average molecular weight is 844 g/mol. The van der Waals surface area contributed by atoms with Crippen molar-refractivity contribution >= 4 is 48.1 Å². The van der Waals surface area contributed by atoms with Gasteiger partial charge in [-0.25, -0.2) is 9.37 Å². The number of rotatable bonds is 21. The largest absolute Gasteiger partial charge is 0.413 e. The molecule has 1 aromatic heterocycles. The van der Waals surface area contributed by atoms with E-state index in [2.05, 4.69) is 113 Å². The van der Waals surface area contributed by atoms with Gasteiger partial charge in [0.1, 0.15) is 17.7 Å². The molecule has 55 heavy (non-hydrogen) atoms. The Hall–Kier alpha value is -0.839. The number of hydrogen-bond acceptors (Lipinski definition) is 8. The summed E-state index contributed by atoms with van der Waals surface area (Å²) in [7, 11) is -6.85. The minimum absolute atomic E-state index is 0.0430. The number of thiazole rings is 1. The van der Waals surface area contributed by atoms with Crippen LogP contribution in [-0.4, -0.2) is 78.5 Å². The van der Waals surface area contributed by atoms with E-state index in [0.717, 1.165) is 10.6 Å². The maximum atomic E-state index is 15.9. The molecule has 0 fully saturated rings. The number of aromatic nitrogens is 1. The fourth-order valence-corrected chi connectivity index (χ4v) is 10.3. The van der Waals surface area contributed by atoms with Gasteiger partial charge in [0.05, 0.1) is 35.6 Å². The highest BCUT2D eigenvalue weighted by molar-refractivity contribution is 7.09. The predicted molar refractivity (Wildman–Crippen MR) is 240 cm³/mol. The van der Waals surface area contributed by atoms with Crippen molar-refractivity contribution in [3.63, 3.8) is 0 Å². The molecule has 1 aromatic rings. The fraction of sp³-hybridized carbons (Fsp3) is 0.814. The van der Waals surface area contributed by atoms with Gasteiger partial charge >= 0.3 is 0 Å². The van der Waals surface area contributed by atoms with Crippen LogP contribution in [0.25, 0.3) is 6.08 Å². The third-order valence-corrected chi connectivity index (χ3v) is 26.9. The Balaban J connectivity index is 3.33. The number of nitrogens with zero attached hydrogens (tertiary/aromatic N) is 1. The first-order valence-corrected chi connectivity index (χ1v) is 30.0. The van der Waals surface area contributed by atoms with Crippen LogP contribution < -0.4 is 0 Å². The molecule has 0 amide bonds. The van der Waals surface area contributed by atoms with Crippen molar-refractivity contribution in [2.75, 3.05) is 13.2 Å². The molecule has 7 nitrogen and oxygen atoms in total. The highest BCUT2D eigenvalue weighted by atomic mass is 32.1. The molecule has 1 N–H and O–H groups in total. The van der Waals surface area contributed by atoms with Gasteiger partial charge in [0.25, 0.3) is 0 Å². The van der Waals surface area contributed by atoms with Crippen LogP contribution in [0.1, 0.15) is 127 Å². The van der Waals surface area contributed by atoms with E-state index in [1.54, 1.807) is 0 Å². The standard InChI is InChI=1S/C43H82FNO6SSi3/c1-30(22-23-36(49-53(16,17)40(5,6)7)35(44)28-34-29-52-33(4)45-34)25-27-48-32(3)38(51-55(20,21)42(11,12)13)31(2)39(47)43(14,15)37(24-26-46)50-54(18,19)41(8,9)10/h22,28-29,31-32,36-38,46H,23-27H2,1-21H3/b30-22-,35-28+/t31-,32-,36+,37+,38+/m1/s1. The van der Waals surface area contributed by atoms with Crippen molar-refractivity contribution in [1.29, 1.82) is 0 Å². The number of aryl methyl sites for hydroxylation is 1. The maximum absolute atomic E-state index is 15.9. The molecule has 0 bridgehead atoms. The molecule has 0 saturated carbocycles. The molecule has 0 aliphatic heterocycles. The highest BCUT2D eigenvalue weighted by Gasteiger charge is 2.49. The van der Waals surface area contributed by atoms with Crippen molar-refractivity contribution < 1.29 is 32.3 Å². The Morgan fingerprint density at radius 3 is 1.82 bits per heavy atom. The molecule has 0 saturated heterocycles. The van der Waals surface area contributed by atoms with Crippen LogP contribution in [0.3, 0.4) is 0 Å². The second-order valence-electron chi connectivity index (χ2n) is 20.9. The van der Waals surface area contributed by atoms with E-state index in [-0.39, 0.29) is 39.4 Å². The van der Waals surface area contributed by atoms with Crippen LogP contribution in [0.2, 0.25) is 54.4 Å². The Morgan fingerprint density at radius 2 is 1.36 bits per heavy atom. The molecule has 0 spiro atoms. The zero-order chi connectivity index (χ0) is 43.2. The number of carbonyl (C=O) groups excluding carboxylic acids is 1. The fourth-order valence-electron chi connectivity index (χ4n) is 5.57.